The number of anilines is 1. The number of rotatable bonds is 6. The van der Waals surface area contributed by atoms with Gasteiger partial charge in [-0.15, -0.1) is 0 Å². The Kier molecular flexibility index (Phi) is 5.25. The zero-order valence-corrected chi connectivity index (χ0v) is 9.89. The first-order valence-electron chi connectivity index (χ1n) is 5.35. The summed E-state index contributed by atoms with van der Waals surface area (Å²) in [5, 5.41) is 9.65. The Hall–Kier alpha value is -1.10. The van der Waals surface area contributed by atoms with Crippen molar-refractivity contribution >= 4 is 5.69 Å². The molecule has 1 atom stereocenters. The van der Waals surface area contributed by atoms with Crippen LogP contribution in [0.15, 0.2) is 24.3 Å². The van der Waals surface area contributed by atoms with Crippen molar-refractivity contribution in [3.63, 3.8) is 0 Å². The monoisotopic (exact) mass is 224 g/mol. The number of ether oxygens (including phenoxy) is 1. The van der Waals surface area contributed by atoms with Crippen LogP contribution in [-0.2, 0) is 11.3 Å². The second-order valence-corrected chi connectivity index (χ2v) is 3.82. The van der Waals surface area contributed by atoms with Crippen molar-refractivity contribution in [3.8, 4) is 0 Å². The quantitative estimate of drug-likeness (QED) is 0.742. The number of aliphatic hydroxyl groups is 1. The van der Waals surface area contributed by atoms with Crippen LogP contribution in [0.25, 0.3) is 0 Å². The molecule has 0 amide bonds. The van der Waals surface area contributed by atoms with E-state index in [1.165, 1.54) is 0 Å². The summed E-state index contributed by atoms with van der Waals surface area (Å²) in [5.41, 5.74) is 7.80. The molecule has 0 saturated carbocycles. The lowest BCUT2D eigenvalue weighted by atomic mass is 10.1. The molecule has 0 aliphatic carbocycles. The average molecular weight is 224 g/mol. The maximum Gasteiger partial charge on any atom is 0.0947 e. The number of nitrogens with two attached hydrogens (primary N) is 1. The summed E-state index contributed by atoms with van der Waals surface area (Å²) in [5.74, 6) is 0. The normalized spacial score (nSPS) is 12.5. The van der Waals surface area contributed by atoms with Crippen molar-refractivity contribution in [2.75, 3.05) is 32.2 Å². The summed E-state index contributed by atoms with van der Waals surface area (Å²) in [6.45, 7) is 1.38. The van der Waals surface area contributed by atoms with Crippen molar-refractivity contribution in [1.82, 2.24) is 0 Å². The van der Waals surface area contributed by atoms with E-state index in [0.29, 0.717) is 19.7 Å². The molecule has 90 valence electrons. The van der Waals surface area contributed by atoms with Crippen molar-refractivity contribution in [1.29, 1.82) is 0 Å². The molecule has 1 aromatic carbocycles. The van der Waals surface area contributed by atoms with Gasteiger partial charge in [0.05, 0.1) is 12.7 Å². The summed E-state index contributed by atoms with van der Waals surface area (Å²) in [6.07, 6.45) is -0.485. The van der Waals surface area contributed by atoms with Crippen molar-refractivity contribution in [2.45, 2.75) is 12.6 Å². The van der Waals surface area contributed by atoms with Crippen LogP contribution in [0, 0.1) is 0 Å². The Morgan fingerprint density at radius 3 is 2.75 bits per heavy atom. The van der Waals surface area contributed by atoms with E-state index in [2.05, 4.69) is 0 Å². The molecular weight excluding hydrogens is 204 g/mol. The Bertz CT molecular complexity index is 318. The number of methoxy groups -OCH3 is 1. The summed E-state index contributed by atoms with van der Waals surface area (Å²) in [4.78, 5) is 1.99. The maximum atomic E-state index is 9.65. The molecule has 0 radical (unpaired) electrons. The number of nitrogens with zero attached hydrogens (tertiary/aromatic N) is 1. The molecule has 0 spiro atoms. The largest absolute Gasteiger partial charge is 0.389 e. The van der Waals surface area contributed by atoms with Crippen LogP contribution in [0.2, 0.25) is 0 Å². The highest BCUT2D eigenvalue weighted by Gasteiger charge is 2.10. The number of para-hydroxylation sites is 1. The molecule has 1 rings (SSSR count). The van der Waals surface area contributed by atoms with Gasteiger partial charge in [-0.25, -0.2) is 0 Å². The molecule has 1 unspecified atom stereocenters. The first kappa shape index (κ1) is 13.0. The molecule has 4 nitrogen and oxygen atoms in total. The Labute approximate surface area is 96.6 Å². The fraction of sp³-hybridized carbons (Fsp3) is 0.500. The SMILES string of the molecule is COCC(O)CN(C)c1ccccc1CN. The first-order chi connectivity index (χ1) is 7.69. The van der Waals surface area contributed by atoms with Gasteiger partial charge in [0.25, 0.3) is 0 Å². The van der Waals surface area contributed by atoms with Gasteiger partial charge < -0.3 is 20.5 Å². The third-order valence-electron chi connectivity index (χ3n) is 2.47. The van der Waals surface area contributed by atoms with E-state index in [1.807, 2.05) is 36.2 Å². The minimum Gasteiger partial charge on any atom is -0.389 e. The summed E-state index contributed by atoms with van der Waals surface area (Å²) < 4.78 is 4.90. The third-order valence-corrected chi connectivity index (χ3v) is 2.47. The zero-order valence-electron chi connectivity index (χ0n) is 9.89. The minimum atomic E-state index is -0.485. The molecule has 0 aliphatic rings. The fourth-order valence-corrected chi connectivity index (χ4v) is 1.72. The standard InChI is InChI=1S/C12H20N2O2/c1-14(8-11(15)9-16-2)12-6-4-3-5-10(12)7-13/h3-6,11,15H,7-9,13H2,1-2H3. The van der Waals surface area contributed by atoms with Gasteiger partial charge in [0.2, 0.25) is 0 Å². The minimum absolute atomic E-state index is 0.342. The second-order valence-electron chi connectivity index (χ2n) is 3.82. The van der Waals surface area contributed by atoms with Crippen LogP contribution in [0.1, 0.15) is 5.56 Å². The van der Waals surface area contributed by atoms with E-state index in [4.69, 9.17) is 10.5 Å². The molecule has 16 heavy (non-hydrogen) atoms. The summed E-state index contributed by atoms with van der Waals surface area (Å²) in [6, 6.07) is 7.93. The molecule has 3 N–H and O–H groups in total. The molecule has 0 bridgehead atoms. The van der Waals surface area contributed by atoms with Crippen LogP contribution in [0.3, 0.4) is 0 Å². The molecule has 0 saturated heterocycles. The Balaban J connectivity index is 2.68. The van der Waals surface area contributed by atoms with E-state index >= 15 is 0 Å². The van der Waals surface area contributed by atoms with Gasteiger partial charge in [0.15, 0.2) is 0 Å². The van der Waals surface area contributed by atoms with Gasteiger partial charge in [-0.1, -0.05) is 18.2 Å². The number of aliphatic hydroxyl groups excluding tert-OH is 1. The molecule has 4 heteroatoms. The van der Waals surface area contributed by atoms with Crippen molar-refractivity contribution < 1.29 is 9.84 Å². The van der Waals surface area contributed by atoms with Crippen LogP contribution < -0.4 is 10.6 Å². The Morgan fingerprint density at radius 2 is 2.12 bits per heavy atom. The third kappa shape index (κ3) is 3.48. The highest BCUT2D eigenvalue weighted by molar-refractivity contribution is 5.53. The Morgan fingerprint density at radius 1 is 1.44 bits per heavy atom. The molecule has 0 aromatic heterocycles. The van der Waals surface area contributed by atoms with Crippen LogP contribution >= 0.6 is 0 Å². The smallest absolute Gasteiger partial charge is 0.0947 e. The molecule has 0 aliphatic heterocycles. The van der Waals surface area contributed by atoms with Gasteiger partial charge in [0, 0.05) is 32.9 Å². The molecule has 1 aromatic rings. The summed E-state index contributed by atoms with van der Waals surface area (Å²) in [7, 11) is 3.52. The van der Waals surface area contributed by atoms with Gasteiger partial charge in [-0.05, 0) is 11.6 Å². The van der Waals surface area contributed by atoms with Crippen LogP contribution in [0.5, 0.6) is 0 Å². The maximum absolute atomic E-state index is 9.65. The number of hydrogen-bond acceptors (Lipinski definition) is 4. The van der Waals surface area contributed by atoms with Gasteiger partial charge in [-0.3, -0.25) is 0 Å². The lowest BCUT2D eigenvalue weighted by Gasteiger charge is -2.24. The lowest BCUT2D eigenvalue weighted by Crippen LogP contribution is -2.32. The number of benzene rings is 1. The zero-order chi connectivity index (χ0) is 12.0. The van der Waals surface area contributed by atoms with Gasteiger partial charge in [0.1, 0.15) is 0 Å². The molecule has 0 heterocycles. The fourth-order valence-electron chi connectivity index (χ4n) is 1.72. The topological polar surface area (TPSA) is 58.7 Å². The van der Waals surface area contributed by atoms with Crippen LogP contribution in [-0.4, -0.2) is 38.5 Å². The molecular formula is C12H20N2O2. The second kappa shape index (κ2) is 6.48. The predicted octanol–water partition coefficient (Wildman–Crippen LogP) is 0.589. The van der Waals surface area contributed by atoms with E-state index in [9.17, 15) is 5.11 Å². The molecule has 0 fully saturated rings. The number of hydrogen-bond donors (Lipinski definition) is 2. The average Bonchev–Trinajstić information content (AvgIpc) is 2.29. The van der Waals surface area contributed by atoms with Crippen LogP contribution in [0.4, 0.5) is 5.69 Å². The van der Waals surface area contributed by atoms with Crippen molar-refractivity contribution in [3.05, 3.63) is 29.8 Å². The highest BCUT2D eigenvalue weighted by Crippen LogP contribution is 2.18. The summed E-state index contributed by atoms with van der Waals surface area (Å²) >= 11 is 0. The predicted molar refractivity (Wildman–Crippen MR) is 65.5 cm³/mol. The van der Waals surface area contributed by atoms with E-state index in [0.717, 1.165) is 11.3 Å². The van der Waals surface area contributed by atoms with E-state index < -0.39 is 6.10 Å². The van der Waals surface area contributed by atoms with E-state index in [-0.39, 0.29) is 0 Å². The van der Waals surface area contributed by atoms with Gasteiger partial charge in [-0.2, -0.15) is 0 Å². The highest BCUT2D eigenvalue weighted by atomic mass is 16.5. The lowest BCUT2D eigenvalue weighted by molar-refractivity contribution is 0.0695. The van der Waals surface area contributed by atoms with E-state index in [1.54, 1.807) is 7.11 Å². The first-order valence-corrected chi connectivity index (χ1v) is 5.35. The van der Waals surface area contributed by atoms with Gasteiger partial charge >= 0.3 is 0 Å². The van der Waals surface area contributed by atoms with Crippen molar-refractivity contribution in [2.24, 2.45) is 5.73 Å². The number of likely N-dealkylation sites (N-methyl/N-ethyl adjacent to an activating group) is 1.